The van der Waals surface area contributed by atoms with Gasteiger partial charge in [0.15, 0.2) is 0 Å². The molecule has 170 valence electrons. The molecule has 0 saturated carbocycles. The number of nitrogens with one attached hydrogen (secondary N) is 3. The Hall–Kier alpha value is -4.24. The number of imidazole rings is 1. The topological polar surface area (TPSA) is 107 Å². The van der Waals surface area contributed by atoms with Crippen LogP contribution in [0.3, 0.4) is 0 Å². The zero-order valence-corrected chi connectivity index (χ0v) is 19.0. The van der Waals surface area contributed by atoms with Crippen LogP contribution in [-0.2, 0) is 7.05 Å². The van der Waals surface area contributed by atoms with Gasteiger partial charge >= 0.3 is 5.69 Å². The first kappa shape index (κ1) is 21.6. The van der Waals surface area contributed by atoms with E-state index in [1.807, 2.05) is 36.2 Å². The first-order chi connectivity index (χ1) is 16.3. The van der Waals surface area contributed by atoms with Gasteiger partial charge in [-0.2, -0.15) is 4.98 Å². The summed E-state index contributed by atoms with van der Waals surface area (Å²) in [6.07, 6.45) is 1.03. The lowest BCUT2D eigenvalue weighted by Gasteiger charge is -2.22. The molecule has 0 unspecified atom stereocenters. The number of aryl methyl sites for hydroxylation is 1. The van der Waals surface area contributed by atoms with Crippen LogP contribution >= 0.6 is 11.6 Å². The van der Waals surface area contributed by atoms with Crippen LogP contribution in [0, 0.1) is 16.6 Å². The molecule has 2 heterocycles. The fourth-order valence-electron chi connectivity index (χ4n) is 4.07. The molecule has 0 saturated heterocycles. The summed E-state index contributed by atoms with van der Waals surface area (Å²) in [5.74, 6) is 0.00758. The van der Waals surface area contributed by atoms with Crippen LogP contribution in [0.2, 0.25) is 5.02 Å². The summed E-state index contributed by atoms with van der Waals surface area (Å²) in [5.41, 5.74) is 2.88. The molecule has 2 aromatic heterocycles. The molecule has 5 aromatic rings. The smallest absolute Gasteiger partial charge is 0.326 e. The summed E-state index contributed by atoms with van der Waals surface area (Å²) >= 11 is 6.17. The Morgan fingerprint density at radius 3 is 2.68 bits per heavy atom. The zero-order chi connectivity index (χ0) is 24.1. The predicted octanol–water partition coefficient (Wildman–Crippen LogP) is 4.38. The maximum atomic E-state index is 14.7. The van der Waals surface area contributed by atoms with Crippen molar-refractivity contribution < 1.29 is 4.39 Å². The van der Waals surface area contributed by atoms with Gasteiger partial charge in [0, 0.05) is 30.2 Å². The highest BCUT2D eigenvalue weighted by Gasteiger charge is 2.16. The van der Waals surface area contributed by atoms with Crippen molar-refractivity contribution in [3.63, 3.8) is 0 Å². The van der Waals surface area contributed by atoms with E-state index < -0.39 is 5.82 Å². The highest BCUT2D eigenvalue weighted by Crippen LogP contribution is 2.33. The van der Waals surface area contributed by atoms with E-state index in [2.05, 4.69) is 9.97 Å². The SMILES string of the molecule is CN(c1cccc(-c2cc(F)c3[nH]c(=O)n(C)c3c2)c1)c1nc(=N)n(C=N)c2cc(Cl)ccc12. The average Bonchev–Trinajstić information content (AvgIpc) is 3.12. The van der Waals surface area contributed by atoms with Gasteiger partial charge in [-0.1, -0.05) is 23.7 Å². The minimum absolute atomic E-state index is 0.108. The molecule has 0 spiro atoms. The van der Waals surface area contributed by atoms with Gasteiger partial charge in [-0.25, -0.2) is 9.18 Å². The van der Waals surface area contributed by atoms with Gasteiger partial charge in [0.1, 0.15) is 17.2 Å². The number of hydrogen-bond donors (Lipinski definition) is 3. The van der Waals surface area contributed by atoms with Crippen molar-refractivity contribution in [2.75, 3.05) is 11.9 Å². The fourth-order valence-corrected chi connectivity index (χ4v) is 4.24. The van der Waals surface area contributed by atoms with E-state index in [-0.39, 0.29) is 16.8 Å². The third-order valence-corrected chi connectivity index (χ3v) is 6.12. The molecular formula is C24H19ClFN7O. The summed E-state index contributed by atoms with van der Waals surface area (Å²) in [6, 6.07) is 15.9. The van der Waals surface area contributed by atoms with Crippen molar-refractivity contribution in [1.82, 2.24) is 19.1 Å². The van der Waals surface area contributed by atoms with Crippen molar-refractivity contribution >= 4 is 51.4 Å². The van der Waals surface area contributed by atoms with E-state index in [0.29, 0.717) is 32.8 Å². The van der Waals surface area contributed by atoms with E-state index in [1.165, 1.54) is 15.2 Å². The molecule has 0 aliphatic rings. The van der Waals surface area contributed by atoms with Crippen LogP contribution < -0.4 is 16.2 Å². The molecule has 5 rings (SSSR count). The number of aromatic nitrogens is 4. The van der Waals surface area contributed by atoms with Gasteiger partial charge in [0.2, 0.25) is 5.62 Å². The van der Waals surface area contributed by atoms with Crippen molar-refractivity contribution in [2.45, 2.75) is 0 Å². The van der Waals surface area contributed by atoms with E-state index in [0.717, 1.165) is 17.6 Å². The first-order valence-electron chi connectivity index (χ1n) is 10.3. The van der Waals surface area contributed by atoms with E-state index in [9.17, 15) is 9.18 Å². The quantitative estimate of drug-likeness (QED) is 0.265. The lowest BCUT2D eigenvalue weighted by atomic mass is 10.0. The Kier molecular flexibility index (Phi) is 5.06. The largest absolute Gasteiger partial charge is 0.329 e. The minimum Gasteiger partial charge on any atom is -0.329 e. The van der Waals surface area contributed by atoms with Gasteiger partial charge < -0.3 is 9.88 Å². The number of nitrogens with zero attached hydrogens (tertiary/aromatic N) is 4. The zero-order valence-electron chi connectivity index (χ0n) is 18.2. The second-order valence-corrected chi connectivity index (χ2v) is 8.31. The highest BCUT2D eigenvalue weighted by atomic mass is 35.5. The van der Waals surface area contributed by atoms with Crippen molar-refractivity contribution in [1.29, 1.82) is 10.8 Å². The summed E-state index contributed by atoms with van der Waals surface area (Å²) < 4.78 is 17.4. The predicted molar refractivity (Wildman–Crippen MR) is 132 cm³/mol. The number of aromatic amines is 1. The number of halogens is 2. The molecule has 10 heteroatoms. The monoisotopic (exact) mass is 475 g/mol. The van der Waals surface area contributed by atoms with Gasteiger partial charge in [-0.15, -0.1) is 0 Å². The first-order valence-corrected chi connectivity index (χ1v) is 10.7. The summed E-state index contributed by atoms with van der Waals surface area (Å²) in [7, 11) is 3.41. The lowest BCUT2D eigenvalue weighted by molar-refractivity contribution is 0.637. The van der Waals surface area contributed by atoms with Crippen LogP contribution in [0.25, 0.3) is 33.1 Å². The Morgan fingerprint density at radius 1 is 1.12 bits per heavy atom. The van der Waals surface area contributed by atoms with E-state index in [4.69, 9.17) is 22.4 Å². The molecule has 3 aromatic carbocycles. The number of H-pyrrole nitrogens is 1. The maximum absolute atomic E-state index is 14.7. The molecule has 34 heavy (non-hydrogen) atoms. The molecule has 8 nitrogen and oxygen atoms in total. The van der Waals surface area contributed by atoms with Gasteiger partial charge in [0.25, 0.3) is 0 Å². The molecule has 0 amide bonds. The molecule has 0 aliphatic heterocycles. The Balaban J connectivity index is 1.65. The number of benzene rings is 3. The van der Waals surface area contributed by atoms with Gasteiger partial charge in [0.05, 0.1) is 17.4 Å². The Labute approximate surface area is 197 Å². The summed E-state index contributed by atoms with van der Waals surface area (Å²) in [6.45, 7) is 0. The summed E-state index contributed by atoms with van der Waals surface area (Å²) in [4.78, 5) is 20.7. The highest BCUT2D eigenvalue weighted by molar-refractivity contribution is 6.31. The van der Waals surface area contributed by atoms with Gasteiger partial charge in [-0.05, 0) is 53.6 Å². The van der Waals surface area contributed by atoms with Crippen molar-refractivity contribution in [3.8, 4) is 11.1 Å². The van der Waals surface area contributed by atoms with Gasteiger partial charge in [-0.3, -0.25) is 20.0 Å². The van der Waals surface area contributed by atoms with Crippen molar-refractivity contribution in [2.24, 2.45) is 7.05 Å². The standard InChI is InChI=1S/C24H19ClFN7O/c1-31(22-17-7-6-15(25)11-19(17)33(12-27)23(28)30-22)16-5-3-4-13(8-16)14-9-18(26)21-20(10-14)32(2)24(34)29-21/h3-12,27-28H,1-2H3,(H,29,34). The number of fused-ring (bicyclic) bond motifs is 2. The molecule has 0 bridgehead atoms. The second kappa shape index (κ2) is 7.96. The van der Waals surface area contributed by atoms with E-state index >= 15 is 0 Å². The average molecular weight is 476 g/mol. The Bertz CT molecular complexity index is 1730. The van der Waals surface area contributed by atoms with E-state index in [1.54, 1.807) is 31.3 Å². The Morgan fingerprint density at radius 2 is 1.91 bits per heavy atom. The maximum Gasteiger partial charge on any atom is 0.326 e. The van der Waals surface area contributed by atoms with Crippen LogP contribution in [0.4, 0.5) is 15.9 Å². The number of anilines is 2. The minimum atomic E-state index is -0.508. The third kappa shape index (κ3) is 3.37. The molecule has 3 N–H and O–H groups in total. The molecule has 0 fully saturated rings. The molecule has 0 aliphatic carbocycles. The second-order valence-electron chi connectivity index (χ2n) is 7.87. The summed E-state index contributed by atoms with van der Waals surface area (Å²) in [5, 5.41) is 17.1. The third-order valence-electron chi connectivity index (χ3n) is 5.88. The molecular weight excluding hydrogens is 457 g/mol. The molecule has 0 atom stereocenters. The van der Waals surface area contributed by atoms with Crippen LogP contribution in [0.5, 0.6) is 0 Å². The molecule has 0 radical (unpaired) electrons. The van der Waals surface area contributed by atoms with Crippen LogP contribution in [0.15, 0.2) is 59.4 Å². The fraction of sp³-hybridized carbons (Fsp3) is 0.0833. The number of rotatable bonds is 4. The van der Waals surface area contributed by atoms with Crippen molar-refractivity contribution in [3.05, 3.63) is 81.5 Å². The van der Waals surface area contributed by atoms with Crippen LogP contribution in [-0.4, -0.2) is 32.5 Å². The normalized spacial score (nSPS) is 11.3. The van der Waals surface area contributed by atoms with Crippen LogP contribution in [0.1, 0.15) is 0 Å². The number of hydrogen-bond acceptors (Lipinski definition) is 5. The lowest BCUT2D eigenvalue weighted by Crippen LogP contribution is -2.26.